The topological polar surface area (TPSA) is 12.9 Å². The van der Waals surface area contributed by atoms with Crippen LogP contribution in [0.5, 0.6) is 0 Å². The van der Waals surface area contributed by atoms with Gasteiger partial charge in [-0.3, -0.25) is 4.98 Å². The van der Waals surface area contributed by atoms with Gasteiger partial charge in [-0.25, -0.2) is 13.2 Å². The highest BCUT2D eigenvalue weighted by Crippen LogP contribution is 2.28. The molecule has 35 heavy (non-hydrogen) atoms. The third kappa shape index (κ3) is 6.24. The fourth-order valence-corrected chi connectivity index (χ4v) is 4.51. The summed E-state index contributed by atoms with van der Waals surface area (Å²) < 4.78 is 42.6. The van der Waals surface area contributed by atoms with Gasteiger partial charge in [-0.1, -0.05) is 74.5 Å². The molecule has 0 aliphatic heterocycles. The van der Waals surface area contributed by atoms with Gasteiger partial charge in [0.2, 0.25) is 0 Å². The molecule has 0 radical (unpaired) electrons. The van der Waals surface area contributed by atoms with E-state index in [0.717, 1.165) is 23.1 Å². The van der Waals surface area contributed by atoms with Crippen LogP contribution in [0.25, 0.3) is 22.0 Å². The van der Waals surface area contributed by atoms with Gasteiger partial charge in [0.05, 0.1) is 5.69 Å². The van der Waals surface area contributed by atoms with Crippen molar-refractivity contribution in [3.8, 4) is 11.3 Å². The lowest BCUT2D eigenvalue weighted by Gasteiger charge is -2.10. The summed E-state index contributed by atoms with van der Waals surface area (Å²) in [5.41, 5.74) is 3.98. The summed E-state index contributed by atoms with van der Waals surface area (Å²) in [5, 5.41) is 0.783. The van der Waals surface area contributed by atoms with Crippen LogP contribution in [-0.4, -0.2) is 4.98 Å². The van der Waals surface area contributed by atoms with Crippen molar-refractivity contribution in [3.05, 3.63) is 100.0 Å². The van der Waals surface area contributed by atoms with Crippen LogP contribution in [0.1, 0.15) is 55.7 Å². The minimum Gasteiger partial charge on any atom is -0.256 e. The first-order valence-electron chi connectivity index (χ1n) is 12.3. The molecular weight excluding hydrogens is 467 g/mol. The largest absolute Gasteiger partial charge is 0.256 e. The highest BCUT2D eigenvalue weighted by Gasteiger charge is 2.12. The van der Waals surface area contributed by atoms with Crippen molar-refractivity contribution < 1.29 is 13.2 Å². The lowest BCUT2D eigenvalue weighted by Crippen LogP contribution is -1.98. The minimum atomic E-state index is -0.804. The number of fused-ring (bicyclic) bond motifs is 1. The standard InChI is InChI=1S/C30H29ClF3N/c1-2-3-4-5-6-7-20-9-15-28(35-19-20)24-13-14-25-23(18-24)12-11-22(30(25)34)10-8-21-16-26(32)29(31)27(33)17-21/h9,11-19H,2-8,10H2,1H3. The van der Waals surface area contributed by atoms with E-state index in [1.165, 1.54) is 49.8 Å². The maximum atomic E-state index is 15.2. The number of rotatable bonds is 10. The molecular formula is C30H29ClF3N. The van der Waals surface area contributed by atoms with Crippen molar-refractivity contribution in [2.24, 2.45) is 0 Å². The van der Waals surface area contributed by atoms with Gasteiger partial charge >= 0.3 is 0 Å². The summed E-state index contributed by atoms with van der Waals surface area (Å²) in [6.45, 7) is 2.22. The summed E-state index contributed by atoms with van der Waals surface area (Å²) in [6.07, 6.45) is 9.87. The Labute approximate surface area is 210 Å². The summed E-state index contributed by atoms with van der Waals surface area (Å²) in [5.74, 6) is -1.92. The fourth-order valence-electron chi connectivity index (χ4n) is 4.40. The third-order valence-electron chi connectivity index (χ3n) is 6.45. The predicted molar refractivity (Wildman–Crippen MR) is 138 cm³/mol. The van der Waals surface area contributed by atoms with Gasteiger partial charge in [0.1, 0.15) is 22.5 Å². The summed E-state index contributed by atoms with van der Waals surface area (Å²) >= 11 is 5.54. The van der Waals surface area contributed by atoms with Crippen LogP contribution in [0.15, 0.2) is 60.8 Å². The van der Waals surface area contributed by atoms with E-state index in [4.69, 9.17) is 11.6 Å². The molecule has 5 heteroatoms. The first-order chi connectivity index (χ1) is 17.0. The van der Waals surface area contributed by atoms with Crippen LogP contribution < -0.4 is 0 Å². The van der Waals surface area contributed by atoms with Crippen molar-refractivity contribution >= 4 is 22.4 Å². The lowest BCUT2D eigenvalue weighted by molar-refractivity contribution is 0.579. The highest BCUT2D eigenvalue weighted by atomic mass is 35.5. The molecule has 4 aromatic rings. The molecule has 0 N–H and O–H groups in total. The Morgan fingerprint density at radius 1 is 0.743 bits per heavy atom. The average Bonchev–Trinajstić information content (AvgIpc) is 2.87. The number of hydrogen-bond donors (Lipinski definition) is 0. The molecule has 0 fully saturated rings. The van der Waals surface area contributed by atoms with E-state index in [9.17, 15) is 8.78 Å². The lowest BCUT2D eigenvalue weighted by atomic mass is 9.98. The van der Waals surface area contributed by atoms with Gasteiger partial charge in [-0.2, -0.15) is 0 Å². The maximum absolute atomic E-state index is 15.2. The zero-order valence-corrected chi connectivity index (χ0v) is 20.6. The number of aryl methyl sites for hydroxylation is 3. The molecule has 1 nitrogen and oxygen atoms in total. The molecule has 0 spiro atoms. The maximum Gasteiger partial charge on any atom is 0.145 e. The van der Waals surface area contributed by atoms with Crippen LogP contribution in [0.3, 0.4) is 0 Å². The monoisotopic (exact) mass is 495 g/mol. The molecule has 0 bridgehead atoms. The van der Waals surface area contributed by atoms with E-state index in [0.29, 0.717) is 29.4 Å². The van der Waals surface area contributed by atoms with E-state index >= 15 is 4.39 Å². The van der Waals surface area contributed by atoms with Crippen LogP contribution in [0.2, 0.25) is 5.02 Å². The number of halogens is 4. The third-order valence-corrected chi connectivity index (χ3v) is 6.81. The Morgan fingerprint density at radius 2 is 1.51 bits per heavy atom. The first-order valence-corrected chi connectivity index (χ1v) is 12.6. The molecule has 0 aliphatic carbocycles. The molecule has 0 amide bonds. The van der Waals surface area contributed by atoms with Gasteiger partial charge in [0.25, 0.3) is 0 Å². The highest BCUT2D eigenvalue weighted by molar-refractivity contribution is 6.30. The van der Waals surface area contributed by atoms with Gasteiger partial charge in [0.15, 0.2) is 0 Å². The first kappa shape index (κ1) is 25.2. The molecule has 1 aromatic heterocycles. The fraction of sp³-hybridized carbons (Fsp3) is 0.300. The second-order valence-corrected chi connectivity index (χ2v) is 9.44. The second-order valence-electron chi connectivity index (χ2n) is 9.06. The van der Waals surface area contributed by atoms with E-state index in [1.54, 1.807) is 12.1 Å². The number of hydrogen-bond acceptors (Lipinski definition) is 1. The van der Waals surface area contributed by atoms with Gasteiger partial charge in [-0.05, 0) is 72.0 Å². The van der Waals surface area contributed by atoms with Gasteiger partial charge in [-0.15, -0.1) is 0 Å². The Bertz CT molecular complexity index is 1280. The summed E-state index contributed by atoms with van der Waals surface area (Å²) in [6, 6.07) is 15.8. The molecule has 0 saturated heterocycles. The van der Waals surface area contributed by atoms with E-state index in [2.05, 4.69) is 18.0 Å². The molecule has 3 aromatic carbocycles. The van der Waals surface area contributed by atoms with Gasteiger partial charge in [0, 0.05) is 17.1 Å². The van der Waals surface area contributed by atoms with E-state index < -0.39 is 16.7 Å². The van der Waals surface area contributed by atoms with Crippen molar-refractivity contribution in [1.82, 2.24) is 4.98 Å². The van der Waals surface area contributed by atoms with Crippen molar-refractivity contribution in [2.45, 2.75) is 58.3 Å². The zero-order valence-electron chi connectivity index (χ0n) is 19.9. The van der Waals surface area contributed by atoms with E-state index in [-0.39, 0.29) is 5.82 Å². The van der Waals surface area contributed by atoms with Crippen molar-refractivity contribution in [2.75, 3.05) is 0 Å². The summed E-state index contributed by atoms with van der Waals surface area (Å²) in [4.78, 5) is 4.63. The zero-order chi connectivity index (χ0) is 24.8. The van der Waals surface area contributed by atoms with Crippen molar-refractivity contribution in [1.29, 1.82) is 0 Å². The molecule has 0 unspecified atom stereocenters. The van der Waals surface area contributed by atoms with Crippen molar-refractivity contribution in [3.63, 3.8) is 0 Å². The Morgan fingerprint density at radius 3 is 2.23 bits per heavy atom. The minimum absolute atomic E-state index is 0.306. The molecule has 0 saturated carbocycles. The molecule has 0 atom stereocenters. The Kier molecular flexibility index (Phi) is 8.46. The number of aromatic nitrogens is 1. The Hall–Kier alpha value is -2.85. The number of unbranched alkanes of at least 4 members (excludes halogenated alkanes) is 4. The molecule has 1 heterocycles. The van der Waals surface area contributed by atoms with Crippen LogP contribution >= 0.6 is 11.6 Å². The normalized spacial score (nSPS) is 11.3. The number of benzene rings is 3. The number of nitrogens with zero attached hydrogens (tertiary/aromatic N) is 1. The van der Waals surface area contributed by atoms with Gasteiger partial charge < -0.3 is 0 Å². The quantitative estimate of drug-likeness (QED) is 0.158. The number of pyridine rings is 1. The van der Waals surface area contributed by atoms with E-state index in [1.807, 2.05) is 30.5 Å². The smallest absolute Gasteiger partial charge is 0.145 e. The molecule has 4 rings (SSSR count). The molecule has 0 aliphatic rings. The predicted octanol–water partition coefficient (Wildman–Crippen LogP) is 9.27. The second kappa shape index (κ2) is 11.7. The SMILES string of the molecule is CCCCCCCc1ccc(-c2ccc3c(F)c(CCc4cc(F)c(Cl)c(F)c4)ccc3c2)nc1. The van der Waals surface area contributed by atoms with Crippen LogP contribution in [-0.2, 0) is 19.3 Å². The van der Waals surface area contributed by atoms with Crippen LogP contribution in [0.4, 0.5) is 13.2 Å². The van der Waals surface area contributed by atoms with Crippen LogP contribution in [0, 0.1) is 17.5 Å². The molecule has 182 valence electrons. The summed E-state index contributed by atoms with van der Waals surface area (Å²) in [7, 11) is 0. The average molecular weight is 496 g/mol. The Balaban J connectivity index is 1.45.